The first-order valence-corrected chi connectivity index (χ1v) is 7.93. The molecular weight excluding hydrogens is 304 g/mol. The molecule has 0 radical (unpaired) electrons. The Bertz CT molecular complexity index is 701. The van der Waals surface area contributed by atoms with E-state index in [2.05, 4.69) is 10.3 Å². The van der Waals surface area contributed by atoms with Gasteiger partial charge in [-0.1, -0.05) is 6.07 Å². The van der Waals surface area contributed by atoms with Gasteiger partial charge in [-0.25, -0.2) is 9.78 Å². The van der Waals surface area contributed by atoms with Gasteiger partial charge in [0.15, 0.2) is 0 Å². The second-order valence-corrected chi connectivity index (χ2v) is 6.41. The maximum absolute atomic E-state index is 12.1. The molecule has 7 heteroatoms. The van der Waals surface area contributed by atoms with Crippen molar-refractivity contribution in [2.45, 2.75) is 38.1 Å². The molecule has 0 spiro atoms. The minimum absolute atomic E-state index is 0.0236. The predicted molar refractivity (Wildman–Crippen MR) is 80.6 cm³/mol. The van der Waals surface area contributed by atoms with E-state index in [-0.39, 0.29) is 12.3 Å². The minimum Gasteiger partial charge on any atom is -0.480 e. The lowest BCUT2D eigenvalue weighted by atomic mass is 9.76. The van der Waals surface area contributed by atoms with E-state index in [0.717, 1.165) is 11.3 Å². The van der Waals surface area contributed by atoms with Crippen LogP contribution in [0.3, 0.4) is 0 Å². The lowest BCUT2D eigenvalue weighted by Gasteiger charge is -2.38. The standard InChI is InChI=1S/C15H16N2O4S/c1-9-10(16-13(21-9)11-4-2-7-22-11)8-12(18)17-15(14(19)20)5-3-6-15/h2,4,7H,3,5-6,8H2,1H3,(H,17,18)(H,19,20). The van der Waals surface area contributed by atoms with Gasteiger partial charge in [-0.3, -0.25) is 4.79 Å². The number of hydrogen-bond acceptors (Lipinski definition) is 5. The van der Waals surface area contributed by atoms with Crippen LogP contribution in [0.25, 0.3) is 10.8 Å². The number of thiophene rings is 1. The molecule has 2 aromatic heterocycles. The zero-order valence-electron chi connectivity index (χ0n) is 12.1. The summed E-state index contributed by atoms with van der Waals surface area (Å²) in [5, 5.41) is 13.8. The second-order valence-electron chi connectivity index (χ2n) is 5.46. The van der Waals surface area contributed by atoms with E-state index in [0.29, 0.717) is 30.2 Å². The van der Waals surface area contributed by atoms with Gasteiger partial charge in [-0.2, -0.15) is 0 Å². The van der Waals surface area contributed by atoms with Crippen molar-refractivity contribution in [2.24, 2.45) is 0 Å². The Morgan fingerprint density at radius 2 is 2.27 bits per heavy atom. The average molecular weight is 320 g/mol. The maximum atomic E-state index is 12.1. The summed E-state index contributed by atoms with van der Waals surface area (Å²) >= 11 is 1.51. The first-order valence-electron chi connectivity index (χ1n) is 7.05. The van der Waals surface area contributed by atoms with Crippen LogP contribution in [0.4, 0.5) is 0 Å². The van der Waals surface area contributed by atoms with Gasteiger partial charge in [-0.15, -0.1) is 11.3 Å². The van der Waals surface area contributed by atoms with Gasteiger partial charge in [-0.05, 0) is 37.6 Å². The number of rotatable bonds is 5. The molecule has 0 saturated heterocycles. The average Bonchev–Trinajstić information content (AvgIpc) is 3.04. The van der Waals surface area contributed by atoms with Crippen molar-refractivity contribution >= 4 is 23.2 Å². The Kier molecular flexibility index (Phi) is 3.74. The van der Waals surface area contributed by atoms with Crippen LogP contribution in [0.1, 0.15) is 30.7 Å². The Hall–Kier alpha value is -2.15. The molecule has 0 atom stereocenters. The van der Waals surface area contributed by atoms with Gasteiger partial charge in [0.25, 0.3) is 0 Å². The molecule has 3 rings (SSSR count). The second kappa shape index (κ2) is 5.57. The number of aliphatic carboxylic acids is 1. The van der Waals surface area contributed by atoms with Crippen LogP contribution in [0.5, 0.6) is 0 Å². The highest BCUT2D eigenvalue weighted by atomic mass is 32.1. The molecule has 1 aliphatic carbocycles. The van der Waals surface area contributed by atoms with E-state index in [4.69, 9.17) is 4.42 Å². The van der Waals surface area contributed by atoms with Crippen LogP contribution < -0.4 is 5.32 Å². The number of hydrogen-bond donors (Lipinski definition) is 2. The van der Waals surface area contributed by atoms with Crippen LogP contribution in [0.2, 0.25) is 0 Å². The summed E-state index contributed by atoms with van der Waals surface area (Å²) in [6.45, 7) is 1.75. The number of carbonyl (C=O) groups is 2. The highest BCUT2D eigenvalue weighted by Gasteiger charge is 2.45. The Labute approximate surface area is 131 Å². The number of oxazole rings is 1. The van der Waals surface area contributed by atoms with E-state index in [9.17, 15) is 14.7 Å². The van der Waals surface area contributed by atoms with Gasteiger partial charge >= 0.3 is 5.97 Å². The molecule has 22 heavy (non-hydrogen) atoms. The van der Waals surface area contributed by atoms with Crippen molar-refractivity contribution < 1.29 is 19.1 Å². The summed E-state index contributed by atoms with van der Waals surface area (Å²) in [6, 6.07) is 3.80. The fourth-order valence-electron chi connectivity index (χ4n) is 2.48. The smallest absolute Gasteiger partial charge is 0.329 e. The summed E-state index contributed by atoms with van der Waals surface area (Å²) in [5.74, 6) is -0.233. The maximum Gasteiger partial charge on any atom is 0.329 e. The third-order valence-electron chi connectivity index (χ3n) is 3.95. The van der Waals surface area contributed by atoms with E-state index < -0.39 is 11.5 Å². The molecule has 2 aromatic rings. The fraction of sp³-hybridized carbons (Fsp3) is 0.400. The molecule has 1 amide bonds. The highest BCUT2D eigenvalue weighted by Crippen LogP contribution is 2.32. The Morgan fingerprint density at radius 1 is 1.50 bits per heavy atom. The minimum atomic E-state index is -1.09. The topological polar surface area (TPSA) is 92.4 Å². The molecule has 0 bridgehead atoms. The summed E-state index contributed by atoms with van der Waals surface area (Å²) < 4.78 is 5.58. The first-order chi connectivity index (χ1) is 10.5. The quantitative estimate of drug-likeness (QED) is 0.882. The number of amides is 1. The number of carbonyl (C=O) groups excluding carboxylic acids is 1. The summed E-state index contributed by atoms with van der Waals surface area (Å²) in [4.78, 5) is 28.6. The van der Waals surface area contributed by atoms with Crippen molar-refractivity contribution in [3.63, 3.8) is 0 Å². The normalized spacial score (nSPS) is 16.0. The zero-order valence-corrected chi connectivity index (χ0v) is 12.9. The Balaban J connectivity index is 1.71. The third kappa shape index (κ3) is 2.64. The molecule has 1 fully saturated rings. The van der Waals surface area contributed by atoms with E-state index >= 15 is 0 Å². The highest BCUT2D eigenvalue weighted by molar-refractivity contribution is 7.13. The number of aryl methyl sites for hydroxylation is 1. The van der Waals surface area contributed by atoms with Gasteiger partial charge in [0.05, 0.1) is 17.0 Å². The van der Waals surface area contributed by atoms with E-state index in [1.807, 2.05) is 17.5 Å². The summed E-state index contributed by atoms with van der Waals surface area (Å²) in [7, 11) is 0. The molecule has 0 unspecified atom stereocenters. The predicted octanol–water partition coefficient (Wildman–Crippen LogP) is 2.38. The van der Waals surface area contributed by atoms with Crippen molar-refractivity contribution in [1.29, 1.82) is 0 Å². The molecule has 1 saturated carbocycles. The summed E-state index contributed by atoms with van der Waals surface area (Å²) in [5.41, 5.74) is -0.550. The molecule has 1 aliphatic rings. The van der Waals surface area contributed by atoms with Gasteiger partial charge in [0.2, 0.25) is 11.8 Å². The fourth-order valence-corrected chi connectivity index (χ4v) is 3.13. The van der Waals surface area contributed by atoms with E-state index in [1.165, 1.54) is 11.3 Å². The van der Waals surface area contributed by atoms with Crippen LogP contribution in [-0.4, -0.2) is 27.5 Å². The van der Waals surface area contributed by atoms with Crippen LogP contribution >= 0.6 is 11.3 Å². The van der Waals surface area contributed by atoms with Crippen LogP contribution in [0, 0.1) is 6.92 Å². The molecule has 116 valence electrons. The largest absolute Gasteiger partial charge is 0.480 e. The van der Waals surface area contributed by atoms with Crippen LogP contribution in [-0.2, 0) is 16.0 Å². The van der Waals surface area contributed by atoms with Gasteiger partial charge < -0.3 is 14.8 Å². The number of aromatic nitrogens is 1. The number of carboxylic acid groups (broad SMARTS) is 1. The van der Waals surface area contributed by atoms with E-state index in [1.54, 1.807) is 6.92 Å². The number of carboxylic acids is 1. The molecule has 6 nitrogen and oxygen atoms in total. The molecule has 2 N–H and O–H groups in total. The summed E-state index contributed by atoms with van der Waals surface area (Å²) in [6.07, 6.45) is 1.80. The van der Waals surface area contributed by atoms with Gasteiger partial charge in [0.1, 0.15) is 11.3 Å². The lowest BCUT2D eigenvalue weighted by Crippen LogP contribution is -2.59. The zero-order chi connectivity index (χ0) is 15.7. The molecule has 0 aliphatic heterocycles. The van der Waals surface area contributed by atoms with Crippen molar-refractivity contribution in [1.82, 2.24) is 10.3 Å². The SMILES string of the molecule is Cc1oc(-c2cccs2)nc1CC(=O)NC1(C(=O)O)CCC1. The number of nitrogens with zero attached hydrogens (tertiary/aromatic N) is 1. The van der Waals surface area contributed by atoms with Gasteiger partial charge in [0, 0.05) is 0 Å². The first kappa shape index (κ1) is 14.8. The lowest BCUT2D eigenvalue weighted by molar-refractivity contribution is -0.151. The van der Waals surface area contributed by atoms with Crippen molar-refractivity contribution in [2.75, 3.05) is 0 Å². The molecular formula is C15H16N2O4S. The Morgan fingerprint density at radius 3 is 2.82 bits per heavy atom. The van der Waals surface area contributed by atoms with Crippen molar-refractivity contribution in [3.8, 4) is 10.8 Å². The van der Waals surface area contributed by atoms with Crippen molar-refractivity contribution in [3.05, 3.63) is 29.0 Å². The number of nitrogens with one attached hydrogen (secondary N) is 1. The van der Waals surface area contributed by atoms with Crippen LogP contribution in [0.15, 0.2) is 21.9 Å². The third-order valence-corrected chi connectivity index (χ3v) is 4.81. The molecule has 2 heterocycles. The molecule has 0 aromatic carbocycles. The monoisotopic (exact) mass is 320 g/mol.